The van der Waals surface area contributed by atoms with Crippen molar-refractivity contribution in [2.24, 2.45) is 0 Å². The summed E-state index contributed by atoms with van der Waals surface area (Å²) >= 11 is 0. The molecule has 2 rings (SSSR count). The fraction of sp³-hybridized carbons (Fsp3) is 0.615. The average molecular weight is 262 g/mol. The molecule has 6 nitrogen and oxygen atoms in total. The van der Waals surface area contributed by atoms with E-state index in [9.17, 15) is 4.79 Å². The maximum atomic E-state index is 12.1. The second kappa shape index (κ2) is 4.57. The van der Waals surface area contributed by atoms with Crippen molar-refractivity contribution in [3.05, 3.63) is 17.5 Å². The molecule has 2 heterocycles. The molecule has 1 aromatic heterocycles. The lowest BCUT2D eigenvalue weighted by Gasteiger charge is -2.35. The number of rotatable bonds is 0. The molecule has 0 aliphatic carbocycles. The van der Waals surface area contributed by atoms with Crippen LogP contribution < -0.4 is 0 Å². The molecule has 0 bridgehead atoms. The maximum Gasteiger partial charge on any atom is 0.410 e. The Hall–Kier alpha value is -2.03. The summed E-state index contributed by atoms with van der Waals surface area (Å²) < 4.78 is 7.17. The molecular formula is C13H18N4O2. The minimum absolute atomic E-state index is 0.00575. The Kier molecular flexibility index (Phi) is 3.23. The molecule has 0 aromatic carbocycles. The summed E-state index contributed by atoms with van der Waals surface area (Å²) in [5, 5.41) is 13.0. The van der Waals surface area contributed by atoms with E-state index in [1.807, 2.05) is 33.8 Å². The van der Waals surface area contributed by atoms with Crippen LogP contribution in [0.25, 0.3) is 0 Å². The first kappa shape index (κ1) is 13.4. The number of carbonyl (C=O) groups excluding carboxylic acids is 1. The zero-order valence-electron chi connectivity index (χ0n) is 11.7. The Morgan fingerprint density at radius 2 is 2.26 bits per heavy atom. The van der Waals surface area contributed by atoms with Crippen LogP contribution in [-0.2, 0) is 17.8 Å². The molecule has 0 radical (unpaired) electrons. The normalized spacial score (nSPS) is 18.7. The minimum atomic E-state index is -0.508. The zero-order valence-corrected chi connectivity index (χ0v) is 11.7. The standard InChI is InChI=1S/C13H18N4O2/c1-9-7-17-11(5-10(6-14)15-17)8-16(9)12(18)19-13(2,3)4/h5,9H,7-8H2,1-4H3/t9-/m0/s1. The second-order valence-electron chi connectivity index (χ2n) is 5.77. The fourth-order valence-electron chi connectivity index (χ4n) is 2.04. The average Bonchev–Trinajstić information content (AvgIpc) is 2.67. The summed E-state index contributed by atoms with van der Waals surface area (Å²) in [4.78, 5) is 13.8. The van der Waals surface area contributed by atoms with Crippen molar-refractivity contribution in [3.63, 3.8) is 0 Å². The molecule has 102 valence electrons. The van der Waals surface area contributed by atoms with E-state index in [0.29, 0.717) is 18.8 Å². The topological polar surface area (TPSA) is 71.2 Å². The van der Waals surface area contributed by atoms with E-state index >= 15 is 0 Å². The highest BCUT2D eigenvalue weighted by molar-refractivity contribution is 5.68. The number of carbonyl (C=O) groups is 1. The fourth-order valence-corrected chi connectivity index (χ4v) is 2.04. The van der Waals surface area contributed by atoms with Crippen molar-refractivity contribution in [2.45, 2.75) is 52.4 Å². The van der Waals surface area contributed by atoms with E-state index in [1.165, 1.54) is 0 Å². The van der Waals surface area contributed by atoms with Gasteiger partial charge in [-0.05, 0) is 33.8 Å². The summed E-state index contributed by atoms with van der Waals surface area (Å²) in [6, 6.07) is 3.72. The summed E-state index contributed by atoms with van der Waals surface area (Å²) in [5.74, 6) is 0. The van der Waals surface area contributed by atoms with Crippen molar-refractivity contribution >= 4 is 6.09 Å². The number of ether oxygens (including phenoxy) is 1. The molecule has 1 aromatic rings. The van der Waals surface area contributed by atoms with Gasteiger partial charge in [0.05, 0.1) is 24.8 Å². The van der Waals surface area contributed by atoms with Gasteiger partial charge in [0.25, 0.3) is 0 Å². The number of amides is 1. The highest BCUT2D eigenvalue weighted by Gasteiger charge is 2.31. The highest BCUT2D eigenvalue weighted by atomic mass is 16.6. The van der Waals surface area contributed by atoms with Crippen LogP contribution in [0.2, 0.25) is 0 Å². The third-order valence-electron chi connectivity index (χ3n) is 2.91. The summed E-state index contributed by atoms with van der Waals surface area (Å²) in [5.41, 5.74) is 0.737. The molecule has 0 fully saturated rings. The van der Waals surface area contributed by atoms with E-state index in [0.717, 1.165) is 5.69 Å². The van der Waals surface area contributed by atoms with E-state index in [2.05, 4.69) is 5.10 Å². The Bertz CT molecular complexity index is 536. The van der Waals surface area contributed by atoms with Gasteiger partial charge in [-0.3, -0.25) is 9.58 Å². The van der Waals surface area contributed by atoms with Gasteiger partial charge in [0.15, 0.2) is 5.69 Å². The summed E-state index contributed by atoms with van der Waals surface area (Å²) in [6.45, 7) is 8.48. The number of nitriles is 1. The van der Waals surface area contributed by atoms with Crippen molar-refractivity contribution in [1.82, 2.24) is 14.7 Å². The van der Waals surface area contributed by atoms with Crippen molar-refractivity contribution < 1.29 is 9.53 Å². The molecule has 0 saturated carbocycles. The van der Waals surface area contributed by atoms with Crippen LogP contribution in [0, 0.1) is 11.3 Å². The molecule has 1 atom stereocenters. The first-order chi connectivity index (χ1) is 8.80. The van der Waals surface area contributed by atoms with Crippen molar-refractivity contribution in [2.75, 3.05) is 0 Å². The van der Waals surface area contributed by atoms with Gasteiger partial charge in [0, 0.05) is 0 Å². The lowest BCUT2D eigenvalue weighted by Crippen LogP contribution is -2.46. The van der Waals surface area contributed by atoms with Crippen LogP contribution in [0.3, 0.4) is 0 Å². The van der Waals surface area contributed by atoms with E-state index in [-0.39, 0.29) is 12.1 Å². The van der Waals surface area contributed by atoms with Crippen molar-refractivity contribution in [3.8, 4) is 6.07 Å². The lowest BCUT2D eigenvalue weighted by molar-refractivity contribution is 0.00907. The molecule has 19 heavy (non-hydrogen) atoms. The Balaban J connectivity index is 2.17. The van der Waals surface area contributed by atoms with Gasteiger partial charge in [0.1, 0.15) is 11.7 Å². The Morgan fingerprint density at radius 3 is 2.84 bits per heavy atom. The van der Waals surface area contributed by atoms with Gasteiger partial charge in [-0.1, -0.05) is 0 Å². The third kappa shape index (κ3) is 2.87. The number of fused-ring (bicyclic) bond motifs is 1. The minimum Gasteiger partial charge on any atom is -0.444 e. The predicted molar refractivity (Wildman–Crippen MR) is 68.2 cm³/mol. The quantitative estimate of drug-likeness (QED) is 0.716. The SMILES string of the molecule is C[C@H]1Cn2nc(C#N)cc2CN1C(=O)OC(C)(C)C. The number of aromatic nitrogens is 2. The molecule has 0 unspecified atom stereocenters. The van der Waals surface area contributed by atoms with Gasteiger partial charge in [-0.15, -0.1) is 0 Å². The van der Waals surface area contributed by atoms with Crippen molar-refractivity contribution in [1.29, 1.82) is 5.26 Å². The van der Waals surface area contributed by atoms with E-state index in [1.54, 1.807) is 15.6 Å². The largest absolute Gasteiger partial charge is 0.444 e. The molecule has 1 amide bonds. The van der Waals surface area contributed by atoms with Crippen LogP contribution in [0.15, 0.2) is 6.07 Å². The van der Waals surface area contributed by atoms with Gasteiger partial charge < -0.3 is 4.74 Å². The number of hydrogen-bond acceptors (Lipinski definition) is 4. The molecule has 0 spiro atoms. The van der Waals surface area contributed by atoms with Gasteiger partial charge in [0.2, 0.25) is 0 Å². The zero-order chi connectivity index (χ0) is 14.2. The molecule has 6 heteroatoms. The van der Waals surface area contributed by atoms with Gasteiger partial charge in [-0.25, -0.2) is 4.79 Å². The van der Waals surface area contributed by atoms with E-state index < -0.39 is 5.60 Å². The molecule has 1 aliphatic rings. The first-order valence-electron chi connectivity index (χ1n) is 6.26. The number of hydrogen-bond donors (Lipinski definition) is 0. The first-order valence-corrected chi connectivity index (χ1v) is 6.26. The van der Waals surface area contributed by atoms with Gasteiger partial charge >= 0.3 is 6.09 Å². The Labute approximate surface area is 112 Å². The Morgan fingerprint density at radius 1 is 1.58 bits per heavy atom. The van der Waals surface area contributed by atoms with Crippen LogP contribution >= 0.6 is 0 Å². The van der Waals surface area contributed by atoms with E-state index in [4.69, 9.17) is 10.00 Å². The van der Waals surface area contributed by atoms with Crippen LogP contribution in [0.1, 0.15) is 39.1 Å². The monoisotopic (exact) mass is 262 g/mol. The highest BCUT2D eigenvalue weighted by Crippen LogP contribution is 2.21. The van der Waals surface area contributed by atoms with Gasteiger partial charge in [-0.2, -0.15) is 10.4 Å². The van der Waals surface area contributed by atoms with Crippen LogP contribution in [-0.4, -0.2) is 32.4 Å². The third-order valence-corrected chi connectivity index (χ3v) is 2.91. The molecule has 0 saturated heterocycles. The predicted octanol–water partition coefficient (Wildman–Crippen LogP) is 1.89. The maximum absolute atomic E-state index is 12.1. The molecular weight excluding hydrogens is 244 g/mol. The molecule has 0 N–H and O–H groups in total. The lowest BCUT2D eigenvalue weighted by atomic mass is 10.2. The number of nitrogens with zero attached hydrogens (tertiary/aromatic N) is 4. The summed E-state index contributed by atoms with van der Waals surface area (Å²) in [7, 11) is 0. The second-order valence-corrected chi connectivity index (χ2v) is 5.77. The van der Waals surface area contributed by atoms with Crippen LogP contribution in [0.5, 0.6) is 0 Å². The molecule has 1 aliphatic heterocycles. The summed E-state index contributed by atoms with van der Waals surface area (Å²) in [6.07, 6.45) is -0.328. The van der Waals surface area contributed by atoms with Crippen LogP contribution in [0.4, 0.5) is 4.79 Å². The smallest absolute Gasteiger partial charge is 0.410 e.